The minimum Gasteiger partial charge on any atom is -0.379 e. The Labute approximate surface area is 124 Å². The van der Waals surface area contributed by atoms with E-state index in [1.165, 1.54) is 32.5 Å². The van der Waals surface area contributed by atoms with Gasteiger partial charge in [0.25, 0.3) is 0 Å². The lowest BCUT2D eigenvalue weighted by atomic mass is 9.99. The van der Waals surface area contributed by atoms with Crippen molar-refractivity contribution < 1.29 is 9.47 Å². The highest BCUT2D eigenvalue weighted by Gasteiger charge is 2.19. The summed E-state index contributed by atoms with van der Waals surface area (Å²) in [5.74, 6) is 0.924. The Morgan fingerprint density at radius 1 is 1.15 bits per heavy atom. The number of hydrogen-bond acceptors (Lipinski definition) is 4. The molecule has 4 heteroatoms. The molecule has 118 valence electrons. The third-order valence-corrected chi connectivity index (χ3v) is 4.61. The van der Waals surface area contributed by atoms with E-state index in [1.807, 2.05) is 0 Å². The SMILES string of the molecule is CCN1CCO[C@H](COCCCN2CCC(C)CC2)C1. The van der Waals surface area contributed by atoms with Crippen molar-refractivity contribution in [3.05, 3.63) is 0 Å². The van der Waals surface area contributed by atoms with Crippen molar-refractivity contribution in [1.82, 2.24) is 9.80 Å². The molecule has 0 N–H and O–H groups in total. The maximum atomic E-state index is 5.80. The first-order valence-corrected chi connectivity index (χ1v) is 8.42. The van der Waals surface area contributed by atoms with Crippen LogP contribution in [0.5, 0.6) is 0 Å². The number of piperidine rings is 1. The Bertz CT molecular complexity index is 255. The van der Waals surface area contributed by atoms with E-state index in [4.69, 9.17) is 9.47 Å². The first-order valence-electron chi connectivity index (χ1n) is 8.42. The van der Waals surface area contributed by atoms with E-state index in [1.54, 1.807) is 0 Å². The van der Waals surface area contributed by atoms with Crippen LogP contribution in [0.3, 0.4) is 0 Å². The van der Waals surface area contributed by atoms with Crippen LogP contribution in [0.15, 0.2) is 0 Å². The van der Waals surface area contributed by atoms with Crippen LogP contribution < -0.4 is 0 Å². The second kappa shape index (κ2) is 8.98. The second-order valence-electron chi connectivity index (χ2n) is 6.34. The molecular formula is C16H32N2O2. The third kappa shape index (κ3) is 5.68. The van der Waals surface area contributed by atoms with E-state index in [-0.39, 0.29) is 6.10 Å². The van der Waals surface area contributed by atoms with Crippen molar-refractivity contribution in [2.75, 3.05) is 59.1 Å². The van der Waals surface area contributed by atoms with Crippen molar-refractivity contribution in [1.29, 1.82) is 0 Å². The molecule has 0 saturated carbocycles. The summed E-state index contributed by atoms with van der Waals surface area (Å²) in [6, 6.07) is 0. The second-order valence-corrected chi connectivity index (χ2v) is 6.34. The van der Waals surface area contributed by atoms with Crippen LogP contribution in [0.25, 0.3) is 0 Å². The molecular weight excluding hydrogens is 252 g/mol. The van der Waals surface area contributed by atoms with Crippen molar-refractivity contribution in [3.63, 3.8) is 0 Å². The van der Waals surface area contributed by atoms with Gasteiger partial charge in [0.2, 0.25) is 0 Å². The molecule has 2 saturated heterocycles. The Morgan fingerprint density at radius 3 is 2.70 bits per heavy atom. The van der Waals surface area contributed by atoms with Gasteiger partial charge in [-0.15, -0.1) is 0 Å². The van der Waals surface area contributed by atoms with Crippen LogP contribution in [0.2, 0.25) is 0 Å². The molecule has 2 rings (SSSR count). The fraction of sp³-hybridized carbons (Fsp3) is 1.00. The summed E-state index contributed by atoms with van der Waals surface area (Å²) in [5.41, 5.74) is 0. The normalized spacial score (nSPS) is 27.0. The Hall–Kier alpha value is -0.160. The minimum absolute atomic E-state index is 0.277. The molecule has 0 amide bonds. The number of hydrogen-bond donors (Lipinski definition) is 0. The van der Waals surface area contributed by atoms with Gasteiger partial charge in [0, 0.05) is 26.2 Å². The molecule has 20 heavy (non-hydrogen) atoms. The minimum atomic E-state index is 0.277. The molecule has 2 fully saturated rings. The summed E-state index contributed by atoms with van der Waals surface area (Å²) < 4.78 is 11.5. The van der Waals surface area contributed by atoms with Gasteiger partial charge in [-0.1, -0.05) is 13.8 Å². The van der Waals surface area contributed by atoms with Crippen LogP contribution in [0.4, 0.5) is 0 Å². The maximum Gasteiger partial charge on any atom is 0.0935 e. The smallest absolute Gasteiger partial charge is 0.0935 e. The molecule has 0 spiro atoms. The molecule has 0 aromatic heterocycles. The number of rotatable bonds is 7. The fourth-order valence-corrected chi connectivity index (χ4v) is 3.06. The van der Waals surface area contributed by atoms with E-state index in [2.05, 4.69) is 23.6 Å². The quantitative estimate of drug-likeness (QED) is 0.666. The number of likely N-dealkylation sites (N-methyl/N-ethyl adjacent to an activating group) is 1. The zero-order valence-corrected chi connectivity index (χ0v) is 13.4. The zero-order valence-electron chi connectivity index (χ0n) is 13.4. The molecule has 0 bridgehead atoms. The van der Waals surface area contributed by atoms with E-state index >= 15 is 0 Å². The molecule has 2 aliphatic heterocycles. The van der Waals surface area contributed by atoms with Crippen LogP contribution in [-0.4, -0.2) is 75.0 Å². The molecule has 0 aromatic carbocycles. The van der Waals surface area contributed by atoms with Crippen molar-refractivity contribution in [2.45, 2.75) is 39.2 Å². The fourth-order valence-electron chi connectivity index (χ4n) is 3.06. The van der Waals surface area contributed by atoms with E-state index in [0.29, 0.717) is 0 Å². The number of nitrogens with zero attached hydrogens (tertiary/aromatic N) is 2. The Kier molecular flexibility index (Phi) is 7.28. The van der Waals surface area contributed by atoms with Crippen LogP contribution >= 0.6 is 0 Å². The highest BCUT2D eigenvalue weighted by atomic mass is 16.5. The van der Waals surface area contributed by atoms with Gasteiger partial charge in [0.1, 0.15) is 0 Å². The van der Waals surface area contributed by atoms with Gasteiger partial charge in [-0.3, -0.25) is 4.90 Å². The summed E-state index contributed by atoms with van der Waals surface area (Å²) >= 11 is 0. The van der Waals surface area contributed by atoms with E-state index in [0.717, 1.165) is 51.8 Å². The molecule has 2 aliphatic rings. The van der Waals surface area contributed by atoms with E-state index in [9.17, 15) is 0 Å². The lowest BCUT2D eigenvalue weighted by Gasteiger charge is -2.32. The summed E-state index contributed by atoms with van der Waals surface area (Å²) in [4.78, 5) is 5.02. The monoisotopic (exact) mass is 284 g/mol. The van der Waals surface area contributed by atoms with E-state index < -0.39 is 0 Å². The molecule has 0 aliphatic carbocycles. The lowest BCUT2D eigenvalue weighted by Crippen LogP contribution is -2.44. The van der Waals surface area contributed by atoms with Gasteiger partial charge >= 0.3 is 0 Å². The van der Waals surface area contributed by atoms with Gasteiger partial charge in [-0.2, -0.15) is 0 Å². The molecule has 4 nitrogen and oxygen atoms in total. The van der Waals surface area contributed by atoms with Gasteiger partial charge in [0.05, 0.1) is 19.3 Å². The van der Waals surface area contributed by atoms with Crippen LogP contribution in [-0.2, 0) is 9.47 Å². The predicted molar refractivity (Wildman–Crippen MR) is 82.1 cm³/mol. The first kappa shape index (κ1) is 16.2. The molecule has 0 unspecified atom stereocenters. The topological polar surface area (TPSA) is 24.9 Å². The van der Waals surface area contributed by atoms with Crippen LogP contribution in [0.1, 0.15) is 33.1 Å². The summed E-state index contributed by atoms with van der Waals surface area (Å²) in [5, 5.41) is 0. The van der Waals surface area contributed by atoms with Gasteiger partial charge < -0.3 is 14.4 Å². The van der Waals surface area contributed by atoms with Gasteiger partial charge in [-0.05, 0) is 44.8 Å². The highest BCUT2D eigenvalue weighted by molar-refractivity contribution is 4.71. The van der Waals surface area contributed by atoms with Crippen molar-refractivity contribution in [3.8, 4) is 0 Å². The predicted octanol–water partition coefficient (Wildman–Crippen LogP) is 1.85. The largest absolute Gasteiger partial charge is 0.379 e. The third-order valence-electron chi connectivity index (χ3n) is 4.61. The Morgan fingerprint density at radius 2 is 1.95 bits per heavy atom. The molecule has 2 heterocycles. The summed E-state index contributed by atoms with van der Waals surface area (Å²) in [6.07, 6.45) is 4.16. The average molecular weight is 284 g/mol. The van der Waals surface area contributed by atoms with Crippen molar-refractivity contribution >= 4 is 0 Å². The first-order chi connectivity index (χ1) is 9.78. The Balaban J connectivity index is 1.47. The zero-order chi connectivity index (χ0) is 14.2. The van der Waals surface area contributed by atoms with Crippen molar-refractivity contribution in [2.24, 2.45) is 5.92 Å². The maximum absolute atomic E-state index is 5.80. The lowest BCUT2D eigenvalue weighted by molar-refractivity contribution is -0.0686. The van der Waals surface area contributed by atoms with Gasteiger partial charge in [-0.25, -0.2) is 0 Å². The number of morpholine rings is 1. The number of likely N-dealkylation sites (tertiary alicyclic amines) is 1. The van der Waals surface area contributed by atoms with Gasteiger partial charge in [0.15, 0.2) is 0 Å². The highest BCUT2D eigenvalue weighted by Crippen LogP contribution is 2.15. The number of ether oxygens (including phenoxy) is 2. The molecule has 0 aromatic rings. The summed E-state index contributed by atoms with van der Waals surface area (Å²) in [6.45, 7) is 14.0. The standard InChI is InChI=1S/C16H32N2O2/c1-3-17-10-12-20-16(13-17)14-19-11-4-7-18-8-5-15(2)6-9-18/h15-16H,3-14H2,1-2H3/t16-/m0/s1. The summed E-state index contributed by atoms with van der Waals surface area (Å²) in [7, 11) is 0. The molecule has 1 atom stereocenters. The average Bonchev–Trinajstić information content (AvgIpc) is 2.49. The molecule has 0 radical (unpaired) electrons. The van der Waals surface area contributed by atoms with Crippen LogP contribution in [0, 0.1) is 5.92 Å².